The average Bonchev–Trinajstić information content (AvgIpc) is 2.74. The molecule has 1 unspecified atom stereocenters. The topological polar surface area (TPSA) is 62.7 Å². The predicted molar refractivity (Wildman–Crippen MR) is 80.9 cm³/mol. The molecule has 19 heavy (non-hydrogen) atoms. The van der Waals surface area contributed by atoms with E-state index in [-0.39, 0.29) is 11.7 Å². The number of H-pyrrole nitrogens is 1. The van der Waals surface area contributed by atoms with Crippen LogP contribution in [0.2, 0.25) is 0 Å². The van der Waals surface area contributed by atoms with Crippen LogP contribution in [-0.2, 0) is 0 Å². The summed E-state index contributed by atoms with van der Waals surface area (Å²) >= 11 is 1.66. The summed E-state index contributed by atoms with van der Waals surface area (Å²) in [6.07, 6.45) is 3.47. The molecule has 5 nitrogen and oxygen atoms in total. The van der Waals surface area contributed by atoms with Crippen molar-refractivity contribution < 1.29 is 0 Å². The van der Waals surface area contributed by atoms with Gasteiger partial charge in [-0.1, -0.05) is 25.6 Å². The quantitative estimate of drug-likeness (QED) is 0.540. The number of nitrogens with one attached hydrogen (secondary N) is 2. The number of rotatable bonds is 9. The van der Waals surface area contributed by atoms with Gasteiger partial charge in [0, 0.05) is 17.8 Å². The third kappa shape index (κ3) is 5.03. The number of hydrogen-bond acceptors (Lipinski definition) is 4. The summed E-state index contributed by atoms with van der Waals surface area (Å²) in [5, 5.41) is 10.9. The minimum atomic E-state index is -0.114. The zero-order valence-electron chi connectivity index (χ0n) is 12.4. The van der Waals surface area contributed by atoms with Crippen molar-refractivity contribution in [3.63, 3.8) is 0 Å². The van der Waals surface area contributed by atoms with E-state index in [9.17, 15) is 4.79 Å². The van der Waals surface area contributed by atoms with Crippen LogP contribution in [0.5, 0.6) is 0 Å². The molecule has 1 atom stereocenters. The lowest BCUT2D eigenvalue weighted by atomic mass is 10.1. The van der Waals surface area contributed by atoms with E-state index in [1.165, 1.54) is 6.42 Å². The highest BCUT2D eigenvalue weighted by Gasteiger charge is 2.11. The first-order chi connectivity index (χ1) is 9.10. The molecular weight excluding hydrogens is 260 g/mol. The third-order valence-electron chi connectivity index (χ3n) is 3.10. The summed E-state index contributed by atoms with van der Waals surface area (Å²) in [6.45, 7) is 9.38. The minimum absolute atomic E-state index is 0.114. The molecule has 0 radical (unpaired) electrons. The van der Waals surface area contributed by atoms with Crippen LogP contribution in [0.4, 0.5) is 0 Å². The molecule has 0 aliphatic heterocycles. The molecular formula is C13H26N4OS. The SMILES string of the molecule is CCNC(CC)CCCSc1n[nH]c(=O)n1C(C)C. The zero-order chi connectivity index (χ0) is 14.3. The van der Waals surface area contributed by atoms with Crippen molar-refractivity contribution >= 4 is 11.8 Å². The summed E-state index contributed by atoms with van der Waals surface area (Å²) < 4.78 is 1.71. The Morgan fingerprint density at radius 1 is 1.42 bits per heavy atom. The van der Waals surface area contributed by atoms with Gasteiger partial charge < -0.3 is 5.32 Å². The molecule has 0 aromatic carbocycles. The van der Waals surface area contributed by atoms with Crippen molar-refractivity contribution in [2.75, 3.05) is 12.3 Å². The predicted octanol–water partition coefficient (Wildman–Crippen LogP) is 2.41. The molecule has 2 N–H and O–H groups in total. The van der Waals surface area contributed by atoms with E-state index in [0.717, 1.165) is 30.3 Å². The van der Waals surface area contributed by atoms with Crippen LogP contribution >= 0.6 is 11.8 Å². The lowest BCUT2D eigenvalue weighted by Crippen LogP contribution is -2.28. The molecule has 0 amide bonds. The van der Waals surface area contributed by atoms with Crippen LogP contribution in [0.25, 0.3) is 0 Å². The Bertz CT molecular complexity index is 413. The fourth-order valence-electron chi connectivity index (χ4n) is 2.08. The van der Waals surface area contributed by atoms with Crippen molar-refractivity contribution in [3.05, 3.63) is 10.5 Å². The molecule has 0 saturated heterocycles. The molecule has 1 heterocycles. The molecule has 0 aliphatic rings. The van der Waals surface area contributed by atoms with Crippen molar-refractivity contribution in [2.45, 2.75) is 64.2 Å². The Balaban J connectivity index is 2.39. The molecule has 0 bridgehead atoms. The van der Waals surface area contributed by atoms with E-state index in [4.69, 9.17) is 0 Å². The Hall–Kier alpha value is -0.750. The number of thioether (sulfide) groups is 1. The first-order valence-corrected chi connectivity index (χ1v) is 8.11. The van der Waals surface area contributed by atoms with Crippen LogP contribution in [0, 0.1) is 0 Å². The molecule has 1 aromatic rings. The number of nitrogens with zero attached hydrogens (tertiary/aromatic N) is 2. The maximum absolute atomic E-state index is 11.6. The van der Waals surface area contributed by atoms with Crippen LogP contribution < -0.4 is 11.0 Å². The van der Waals surface area contributed by atoms with Crippen molar-refractivity contribution in [1.29, 1.82) is 0 Å². The van der Waals surface area contributed by atoms with Gasteiger partial charge in [0.2, 0.25) is 0 Å². The normalized spacial score (nSPS) is 13.1. The Morgan fingerprint density at radius 2 is 2.16 bits per heavy atom. The average molecular weight is 286 g/mol. The summed E-state index contributed by atoms with van der Waals surface area (Å²) in [5.41, 5.74) is -0.114. The minimum Gasteiger partial charge on any atom is -0.314 e. The fraction of sp³-hybridized carbons (Fsp3) is 0.846. The van der Waals surface area contributed by atoms with E-state index in [2.05, 4.69) is 29.4 Å². The molecule has 0 fully saturated rings. The number of aromatic amines is 1. The summed E-state index contributed by atoms with van der Waals surface area (Å²) in [7, 11) is 0. The van der Waals surface area contributed by atoms with Crippen LogP contribution in [0.15, 0.2) is 9.95 Å². The summed E-state index contributed by atoms with van der Waals surface area (Å²) in [6, 6.07) is 0.760. The number of aromatic nitrogens is 3. The van der Waals surface area contributed by atoms with Gasteiger partial charge in [0.25, 0.3) is 0 Å². The number of hydrogen-bond donors (Lipinski definition) is 2. The second kappa shape index (κ2) is 8.43. The molecule has 0 saturated carbocycles. The summed E-state index contributed by atoms with van der Waals surface area (Å²) in [4.78, 5) is 11.6. The first kappa shape index (κ1) is 16.3. The zero-order valence-corrected chi connectivity index (χ0v) is 13.2. The van der Waals surface area contributed by atoms with E-state index in [1.807, 2.05) is 13.8 Å². The molecule has 110 valence electrons. The second-order valence-corrected chi connectivity index (χ2v) is 5.99. The maximum Gasteiger partial charge on any atom is 0.344 e. The standard InChI is InChI=1S/C13H26N4OS/c1-5-11(14-6-2)8-7-9-19-13-16-15-12(18)17(13)10(3)4/h10-11,14H,5-9H2,1-4H3,(H,15,18). The van der Waals surface area contributed by atoms with E-state index in [0.29, 0.717) is 6.04 Å². The van der Waals surface area contributed by atoms with E-state index in [1.54, 1.807) is 16.3 Å². The van der Waals surface area contributed by atoms with Gasteiger partial charge in [-0.05, 0) is 39.7 Å². The van der Waals surface area contributed by atoms with Gasteiger partial charge in [0.1, 0.15) is 0 Å². The van der Waals surface area contributed by atoms with E-state index < -0.39 is 0 Å². The van der Waals surface area contributed by atoms with Gasteiger partial charge >= 0.3 is 5.69 Å². The van der Waals surface area contributed by atoms with Crippen molar-refractivity contribution in [1.82, 2.24) is 20.1 Å². The second-order valence-electron chi connectivity index (χ2n) is 4.93. The van der Waals surface area contributed by atoms with Gasteiger partial charge in [-0.2, -0.15) is 0 Å². The lowest BCUT2D eigenvalue weighted by Gasteiger charge is -2.15. The fourth-order valence-corrected chi connectivity index (χ4v) is 3.12. The first-order valence-electron chi connectivity index (χ1n) is 7.13. The Morgan fingerprint density at radius 3 is 2.74 bits per heavy atom. The molecule has 1 rings (SSSR count). The Kier molecular flexibility index (Phi) is 7.23. The highest BCUT2D eigenvalue weighted by Crippen LogP contribution is 2.18. The highest BCUT2D eigenvalue weighted by molar-refractivity contribution is 7.99. The van der Waals surface area contributed by atoms with Gasteiger partial charge in [-0.25, -0.2) is 9.89 Å². The molecule has 6 heteroatoms. The van der Waals surface area contributed by atoms with Gasteiger partial charge in [0.15, 0.2) is 5.16 Å². The molecule has 0 spiro atoms. The maximum atomic E-state index is 11.6. The molecule has 0 aliphatic carbocycles. The highest BCUT2D eigenvalue weighted by atomic mass is 32.2. The van der Waals surface area contributed by atoms with Crippen molar-refractivity contribution in [2.24, 2.45) is 0 Å². The Labute approximate surface area is 119 Å². The van der Waals surface area contributed by atoms with Crippen LogP contribution in [-0.4, -0.2) is 33.1 Å². The molecule has 1 aromatic heterocycles. The van der Waals surface area contributed by atoms with Gasteiger partial charge in [-0.15, -0.1) is 5.10 Å². The van der Waals surface area contributed by atoms with Crippen LogP contribution in [0.3, 0.4) is 0 Å². The van der Waals surface area contributed by atoms with Crippen molar-refractivity contribution in [3.8, 4) is 0 Å². The van der Waals surface area contributed by atoms with Gasteiger partial charge in [0.05, 0.1) is 0 Å². The summed E-state index contributed by atoms with van der Waals surface area (Å²) in [5.74, 6) is 0.999. The van der Waals surface area contributed by atoms with Gasteiger partial charge in [-0.3, -0.25) is 4.57 Å². The lowest BCUT2D eigenvalue weighted by molar-refractivity contribution is 0.477. The largest absolute Gasteiger partial charge is 0.344 e. The monoisotopic (exact) mass is 286 g/mol. The van der Waals surface area contributed by atoms with E-state index >= 15 is 0 Å². The smallest absolute Gasteiger partial charge is 0.314 e. The third-order valence-corrected chi connectivity index (χ3v) is 4.14. The van der Waals surface area contributed by atoms with Crippen LogP contribution in [0.1, 0.15) is 53.0 Å².